The molecule has 194 valence electrons. The van der Waals surface area contributed by atoms with Crippen LogP contribution in [0.25, 0.3) is 20.9 Å². The summed E-state index contributed by atoms with van der Waals surface area (Å²) in [4.78, 5) is 7.95. The van der Waals surface area contributed by atoms with E-state index in [0.717, 1.165) is 6.42 Å². The lowest BCUT2D eigenvalue weighted by molar-refractivity contribution is 1.10. The smallest absolute Gasteiger partial charge is 0.0464 e. The molecule has 0 N–H and O–H groups in total. The van der Waals surface area contributed by atoms with Crippen LogP contribution in [0.3, 0.4) is 0 Å². The monoisotopic (exact) mass is 535 g/mol. The molecule has 5 rings (SSSR count). The van der Waals surface area contributed by atoms with Crippen LogP contribution in [-0.2, 0) is 6.42 Å². The number of rotatable bonds is 6. The van der Waals surface area contributed by atoms with Gasteiger partial charge in [0.1, 0.15) is 0 Å². The molecule has 0 amide bonds. The second kappa shape index (κ2) is 10.6. The topological polar surface area (TPSA) is 3.24 Å². The van der Waals surface area contributed by atoms with Crippen molar-refractivity contribution in [3.63, 3.8) is 0 Å². The third-order valence-corrected chi connectivity index (χ3v) is 10.8. The van der Waals surface area contributed by atoms with Crippen molar-refractivity contribution in [1.29, 1.82) is 0 Å². The van der Waals surface area contributed by atoms with E-state index < -0.39 is 0 Å². The molecular formula is C35H37NS2. The van der Waals surface area contributed by atoms with Gasteiger partial charge >= 0.3 is 0 Å². The van der Waals surface area contributed by atoms with Gasteiger partial charge in [-0.15, -0.1) is 22.7 Å². The quantitative estimate of drug-likeness (QED) is 0.209. The average molecular weight is 536 g/mol. The molecule has 0 fully saturated rings. The molecule has 2 aromatic heterocycles. The lowest BCUT2D eigenvalue weighted by Gasteiger charge is -2.27. The van der Waals surface area contributed by atoms with E-state index in [-0.39, 0.29) is 0 Å². The summed E-state index contributed by atoms with van der Waals surface area (Å²) < 4.78 is 0. The first-order valence-electron chi connectivity index (χ1n) is 13.4. The van der Waals surface area contributed by atoms with Gasteiger partial charge in [-0.2, -0.15) is 0 Å². The van der Waals surface area contributed by atoms with Crippen LogP contribution in [0.4, 0.5) is 17.1 Å². The minimum Gasteiger partial charge on any atom is -0.310 e. The van der Waals surface area contributed by atoms with Crippen molar-refractivity contribution in [3.05, 3.63) is 110 Å². The summed E-state index contributed by atoms with van der Waals surface area (Å²) in [5, 5.41) is 0. The molecule has 0 aliphatic rings. The molecule has 3 aromatic carbocycles. The molecule has 2 heterocycles. The zero-order chi connectivity index (χ0) is 27.1. The molecule has 0 atom stereocenters. The maximum atomic E-state index is 2.39. The van der Waals surface area contributed by atoms with E-state index in [1.54, 1.807) is 0 Å². The van der Waals surface area contributed by atoms with E-state index in [1.807, 2.05) is 22.7 Å². The van der Waals surface area contributed by atoms with Crippen LogP contribution in [0.1, 0.15) is 50.1 Å². The largest absolute Gasteiger partial charge is 0.310 e. The van der Waals surface area contributed by atoms with Crippen LogP contribution >= 0.6 is 22.7 Å². The second-order valence-electron chi connectivity index (χ2n) is 10.4. The molecule has 3 heteroatoms. The maximum absolute atomic E-state index is 2.39. The zero-order valence-corrected chi connectivity index (χ0v) is 25.5. The summed E-state index contributed by atoms with van der Waals surface area (Å²) in [7, 11) is 0. The Morgan fingerprint density at radius 3 is 1.32 bits per heavy atom. The van der Waals surface area contributed by atoms with Gasteiger partial charge in [0.2, 0.25) is 0 Å². The Hall–Kier alpha value is -3.14. The first kappa shape index (κ1) is 26.5. The molecule has 0 radical (unpaired) electrons. The number of thiophene rings is 2. The van der Waals surface area contributed by atoms with Crippen molar-refractivity contribution < 1.29 is 0 Å². The molecule has 5 aromatic rings. The fraction of sp³-hybridized carbons (Fsp3) is 0.257. The van der Waals surface area contributed by atoms with Crippen LogP contribution in [0.15, 0.2) is 66.7 Å². The van der Waals surface area contributed by atoms with Gasteiger partial charge in [0.15, 0.2) is 0 Å². The molecule has 0 spiro atoms. The minimum atomic E-state index is 1.03. The van der Waals surface area contributed by atoms with Gasteiger partial charge in [-0.25, -0.2) is 0 Å². The highest BCUT2D eigenvalue weighted by atomic mass is 32.1. The Bertz CT molecular complexity index is 1500. The summed E-state index contributed by atoms with van der Waals surface area (Å²) >= 11 is 3.80. The number of hydrogen-bond donors (Lipinski definition) is 0. The number of hydrogen-bond acceptors (Lipinski definition) is 3. The summed E-state index contributed by atoms with van der Waals surface area (Å²) in [6.45, 7) is 17.8. The Morgan fingerprint density at radius 1 is 0.526 bits per heavy atom. The number of aryl methyl sites for hydroxylation is 4. The van der Waals surface area contributed by atoms with Gasteiger partial charge in [0.25, 0.3) is 0 Å². The zero-order valence-electron chi connectivity index (χ0n) is 23.8. The molecule has 1 nitrogen and oxygen atoms in total. The SMILES string of the molecule is CCc1cc(N(c2ccc(-c3sc(C)c(C)c3C)cc2)c2ccc(-c3sc(C)c(C)c3C)cc2)ccc1C. The van der Waals surface area contributed by atoms with Crippen LogP contribution in [0, 0.1) is 48.5 Å². The molecule has 0 saturated heterocycles. The summed E-state index contributed by atoms with van der Waals surface area (Å²) in [5.74, 6) is 0. The molecule has 0 aliphatic carbocycles. The highest BCUT2D eigenvalue weighted by molar-refractivity contribution is 7.16. The van der Waals surface area contributed by atoms with Gasteiger partial charge in [0.05, 0.1) is 0 Å². The average Bonchev–Trinajstić information content (AvgIpc) is 3.34. The van der Waals surface area contributed by atoms with Crippen molar-refractivity contribution in [2.24, 2.45) is 0 Å². The fourth-order valence-electron chi connectivity index (χ4n) is 5.18. The van der Waals surface area contributed by atoms with Crippen molar-refractivity contribution >= 4 is 39.7 Å². The van der Waals surface area contributed by atoms with E-state index >= 15 is 0 Å². The van der Waals surface area contributed by atoms with Gasteiger partial charge in [-0.05, 0) is 136 Å². The van der Waals surface area contributed by atoms with E-state index in [2.05, 4.69) is 127 Å². The van der Waals surface area contributed by atoms with Gasteiger partial charge in [-0.3, -0.25) is 0 Å². The standard InChI is InChI=1S/C35H37NS2/c1-9-28-20-33(15-10-21(28)2)36(31-16-11-29(12-17-31)34-24(5)22(3)26(7)37-34)32-18-13-30(14-19-32)35-25(6)23(4)27(8)38-35/h10-20H,9H2,1-8H3. The summed E-state index contributed by atoms with van der Waals surface area (Å²) in [6.07, 6.45) is 1.03. The number of anilines is 3. The third-order valence-electron chi connectivity index (χ3n) is 8.12. The third kappa shape index (κ3) is 4.74. The van der Waals surface area contributed by atoms with E-state index in [0.29, 0.717) is 0 Å². The van der Waals surface area contributed by atoms with E-state index in [9.17, 15) is 0 Å². The maximum Gasteiger partial charge on any atom is 0.0464 e. The van der Waals surface area contributed by atoms with Crippen molar-refractivity contribution in [1.82, 2.24) is 0 Å². The first-order valence-corrected chi connectivity index (χ1v) is 15.1. The molecule has 0 unspecified atom stereocenters. The van der Waals surface area contributed by atoms with Crippen LogP contribution in [-0.4, -0.2) is 0 Å². The highest BCUT2D eigenvalue weighted by Gasteiger charge is 2.17. The second-order valence-corrected chi connectivity index (χ2v) is 12.8. The Morgan fingerprint density at radius 2 is 0.947 bits per heavy atom. The van der Waals surface area contributed by atoms with Gasteiger partial charge in [0, 0.05) is 36.6 Å². The molecular weight excluding hydrogens is 499 g/mol. The van der Waals surface area contributed by atoms with E-state index in [4.69, 9.17) is 0 Å². The van der Waals surface area contributed by atoms with Gasteiger partial charge in [-0.1, -0.05) is 37.3 Å². The Balaban J connectivity index is 1.58. The number of nitrogens with zero attached hydrogens (tertiary/aromatic N) is 1. The predicted molar refractivity (Wildman–Crippen MR) is 170 cm³/mol. The lowest BCUT2D eigenvalue weighted by Crippen LogP contribution is -2.10. The van der Waals surface area contributed by atoms with Crippen molar-refractivity contribution in [3.8, 4) is 20.9 Å². The van der Waals surface area contributed by atoms with Crippen LogP contribution in [0.5, 0.6) is 0 Å². The Labute approximate surface area is 236 Å². The first-order chi connectivity index (χ1) is 18.2. The minimum absolute atomic E-state index is 1.03. The van der Waals surface area contributed by atoms with E-state index in [1.165, 1.54) is 81.1 Å². The van der Waals surface area contributed by atoms with Gasteiger partial charge < -0.3 is 4.90 Å². The Kier molecular flexibility index (Phi) is 7.35. The summed E-state index contributed by atoms with van der Waals surface area (Å²) in [5.41, 5.74) is 14.5. The fourth-order valence-corrected chi connectivity index (χ4v) is 7.53. The van der Waals surface area contributed by atoms with Crippen LogP contribution in [0.2, 0.25) is 0 Å². The molecule has 0 saturated carbocycles. The van der Waals surface area contributed by atoms with Crippen molar-refractivity contribution in [2.45, 2.75) is 61.8 Å². The van der Waals surface area contributed by atoms with Crippen LogP contribution < -0.4 is 4.90 Å². The number of benzene rings is 3. The molecule has 0 bridgehead atoms. The molecule has 38 heavy (non-hydrogen) atoms. The normalized spacial score (nSPS) is 11.3. The van der Waals surface area contributed by atoms with Crippen molar-refractivity contribution in [2.75, 3.05) is 4.90 Å². The summed E-state index contributed by atoms with van der Waals surface area (Å²) in [6, 6.07) is 25.1. The predicted octanol–water partition coefficient (Wildman–Crippen LogP) is 11.3. The highest BCUT2D eigenvalue weighted by Crippen LogP contribution is 2.41. The lowest BCUT2D eigenvalue weighted by atomic mass is 10.0. The molecule has 0 aliphatic heterocycles.